The summed E-state index contributed by atoms with van der Waals surface area (Å²) >= 11 is 0. The Kier molecular flexibility index (Phi) is 9.56. The molecule has 3 aromatic heterocycles. The number of nitrogens with zero attached hydrogens (tertiary/aromatic N) is 5. The highest BCUT2D eigenvalue weighted by atomic mass is 16.2. The van der Waals surface area contributed by atoms with E-state index in [1.807, 2.05) is 55.1 Å². The highest BCUT2D eigenvalue weighted by molar-refractivity contribution is 6.06. The maximum absolute atomic E-state index is 13.8. The zero-order valence-corrected chi connectivity index (χ0v) is 27.3. The normalized spacial score (nSPS) is 13.8. The molecule has 12 nitrogen and oxygen atoms in total. The van der Waals surface area contributed by atoms with Gasteiger partial charge in [0.05, 0.1) is 11.4 Å². The summed E-state index contributed by atoms with van der Waals surface area (Å²) in [4.78, 5) is 57.8. The lowest BCUT2D eigenvalue weighted by Crippen LogP contribution is -2.40. The SMILES string of the molecule is CC(C)C(=O)N1CCC(c2cc(-c3ccc(NC(=O)c4cnc(-c5cccnc5)n(-c5ccccc5)c4=O)cc3)c(C(N)=NC=N)[nH]2)CC1. The first-order chi connectivity index (χ1) is 23.7. The number of amidine groups is 1. The van der Waals surface area contributed by atoms with Crippen molar-refractivity contribution in [2.45, 2.75) is 32.6 Å². The first-order valence-electron chi connectivity index (χ1n) is 16.1. The third-order valence-corrected chi connectivity index (χ3v) is 8.63. The van der Waals surface area contributed by atoms with Crippen LogP contribution in [0.5, 0.6) is 0 Å². The van der Waals surface area contributed by atoms with E-state index in [1.165, 1.54) is 10.8 Å². The van der Waals surface area contributed by atoms with Gasteiger partial charge in [-0.1, -0.05) is 44.2 Å². The summed E-state index contributed by atoms with van der Waals surface area (Å²) in [6, 6.07) is 21.8. The number of aromatic amines is 1. The average Bonchev–Trinajstić information content (AvgIpc) is 3.58. The summed E-state index contributed by atoms with van der Waals surface area (Å²) < 4.78 is 1.41. The lowest BCUT2D eigenvalue weighted by atomic mass is 9.92. The standard InChI is InChI=1S/C37H37N9O3/c1-23(2)36(48)45-17-14-25(15-18-45)31-19-29(32(44-31)33(39)42-22-38)24-10-12-27(13-11-24)43-35(47)30-21-41-34(26-7-6-16-40-20-26)46(37(30)49)28-8-4-3-5-9-28/h3-13,16,19-23,25,44H,14-15,17-18H2,1-2H3,(H,43,47)(H3,38,39,42). The number of likely N-dealkylation sites (tertiary alicyclic amines) is 1. The molecule has 1 aliphatic heterocycles. The number of rotatable bonds is 9. The van der Waals surface area contributed by atoms with Gasteiger partial charge < -0.3 is 20.9 Å². The second kappa shape index (κ2) is 14.3. The van der Waals surface area contributed by atoms with Crippen LogP contribution in [0.2, 0.25) is 0 Å². The number of para-hydroxylation sites is 1. The van der Waals surface area contributed by atoms with Gasteiger partial charge in [-0.05, 0) is 60.9 Å². The lowest BCUT2D eigenvalue weighted by molar-refractivity contribution is -0.135. The molecule has 0 aliphatic carbocycles. The van der Waals surface area contributed by atoms with Gasteiger partial charge in [0.25, 0.3) is 11.5 Å². The molecule has 49 heavy (non-hydrogen) atoms. The molecule has 6 rings (SSSR count). The van der Waals surface area contributed by atoms with E-state index in [-0.39, 0.29) is 29.1 Å². The van der Waals surface area contributed by atoms with Gasteiger partial charge in [0.15, 0.2) is 0 Å². The predicted octanol–water partition coefficient (Wildman–Crippen LogP) is 5.22. The molecular formula is C37H37N9O3. The van der Waals surface area contributed by atoms with Gasteiger partial charge in [-0.3, -0.25) is 29.3 Å². The number of anilines is 1. The first-order valence-corrected chi connectivity index (χ1v) is 16.1. The minimum Gasteiger partial charge on any atom is -0.382 e. The predicted molar refractivity (Wildman–Crippen MR) is 190 cm³/mol. The van der Waals surface area contributed by atoms with Crippen molar-refractivity contribution in [3.05, 3.63) is 119 Å². The van der Waals surface area contributed by atoms with Crippen LogP contribution in [0.4, 0.5) is 5.69 Å². The summed E-state index contributed by atoms with van der Waals surface area (Å²) in [6.45, 7) is 5.20. The Morgan fingerprint density at radius 3 is 2.41 bits per heavy atom. The third-order valence-electron chi connectivity index (χ3n) is 8.63. The van der Waals surface area contributed by atoms with Crippen molar-refractivity contribution < 1.29 is 9.59 Å². The van der Waals surface area contributed by atoms with E-state index in [2.05, 4.69) is 25.3 Å². The number of piperidine rings is 1. The molecule has 12 heteroatoms. The maximum atomic E-state index is 13.8. The fraction of sp³-hybridized carbons (Fsp3) is 0.216. The number of pyridine rings is 1. The molecule has 1 saturated heterocycles. The van der Waals surface area contributed by atoms with Gasteiger partial charge in [0.2, 0.25) is 5.91 Å². The topological polar surface area (TPSA) is 175 Å². The third kappa shape index (κ3) is 6.93. The summed E-state index contributed by atoms with van der Waals surface area (Å²) in [6.07, 6.45) is 7.07. The molecule has 1 fully saturated rings. The molecule has 0 saturated carbocycles. The van der Waals surface area contributed by atoms with E-state index < -0.39 is 11.5 Å². The van der Waals surface area contributed by atoms with E-state index >= 15 is 0 Å². The maximum Gasteiger partial charge on any atom is 0.271 e. The number of nitrogens with two attached hydrogens (primary N) is 1. The molecular weight excluding hydrogens is 618 g/mol. The molecule has 0 radical (unpaired) electrons. The fourth-order valence-electron chi connectivity index (χ4n) is 6.09. The summed E-state index contributed by atoms with van der Waals surface area (Å²) in [5.74, 6) is 0.286. The molecule has 2 aromatic carbocycles. The van der Waals surface area contributed by atoms with Crippen LogP contribution in [-0.4, -0.2) is 61.5 Å². The van der Waals surface area contributed by atoms with Crippen molar-refractivity contribution in [3.63, 3.8) is 0 Å². The van der Waals surface area contributed by atoms with Crippen molar-refractivity contribution in [1.82, 2.24) is 24.4 Å². The van der Waals surface area contributed by atoms with Gasteiger partial charge in [-0.2, -0.15) is 0 Å². The van der Waals surface area contributed by atoms with E-state index in [0.717, 1.165) is 36.0 Å². The van der Waals surface area contributed by atoms with Gasteiger partial charge in [0, 0.05) is 66.0 Å². The van der Waals surface area contributed by atoms with Crippen molar-refractivity contribution in [1.29, 1.82) is 5.41 Å². The van der Waals surface area contributed by atoms with E-state index in [4.69, 9.17) is 11.1 Å². The molecule has 5 aromatic rings. The quantitative estimate of drug-likeness (QED) is 0.125. The van der Waals surface area contributed by atoms with Crippen LogP contribution in [0, 0.1) is 11.3 Å². The van der Waals surface area contributed by atoms with Crippen molar-refractivity contribution in [2.75, 3.05) is 18.4 Å². The number of H-pyrrole nitrogens is 1. The van der Waals surface area contributed by atoms with Crippen LogP contribution < -0.4 is 16.6 Å². The Morgan fingerprint density at radius 2 is 1.76 bits per heavy atom. The van der Waals surface area contributed by atoms with E-state index in [1.54, 1.807) is 48.8 Å². The van der Waals surface area contributed by atoms with Crippen molar-refractivity contribution in [3.8, 4) is 28.2 Å². The fourth-order valence-corrected chi connectivity index (χ4v) is 6.09. The molecule has 0 spiro atoms. The number of aromatic nitrogens is 4. The van der Waals surface area contributed by atoms with Crippen LogP contribution in [0.25, 0.3) is 28.2 Å². The number of aliphatic imine (C=N–C) groups is 1. The minimum absolute atomic E-state index is 0.0345. The molecule has 0 bridgehead atoms. The minimum atomic E-state index is -0.595. The van der Waals surface area contributed by atoms with Gasteiger partial charge in [-0.25, -0.2) is 9.98 Å². The molecule has 1 aliphatic rings. The van der Waals surface area contributed by atoms with Crippen molar-refractivity contribution in [2.24, 2.45) is 16.6 Å². The summed E-state index contributed by atoms with van der Waals surface area (Å²) in [5.41, 5.74) is 10.5. The largest absolute Gasteiger partial charge is 0.382 e. The van der Waals surface area contributed by atoms with Crippen molar-refractivity contribution >= 4 is 29.7 Å². The number of hydrogen-bond donors (Lipinski definition) is 4. The van der Waals surface area contributed by atoms with E-state index in [0.29, 0.717) is 41.5 Å². The second-order valence-electron chi connectivity index (χ2n) is 12.2. The zero-order chi connectivity index (χ0) is 34.5. The molecule has 0 atom stereocenters. The van der Waals surface area contributed by atoms with Crippen LogP contribution in [0.1, 0.15) is 54.4 Å². The number of carbonyl (C=O) groups excluding carboxylic acids is 2. The first kappa shape index (κ1) is 32.8. The molecule has 2 amide bonds. The Balaban J connectivity index is 1.25. The van der Waals surface area contributed by atoms with Crippen LogP contribution in [0.15, 0.2) is 101 Å². The number of amides is 2. The second-order valence-corrected chi connectivity index (χ2v) is 12.2. The number of nitrogens with one attached hydrogen (secondary N) is 3. The van der Waals surface area contributed by atoms with Crippen LogP contribution in [0.3, 0.4) is 0 Å². The zero-order valence-electron chi connectivity index (χ0n) is 27.3. The molecule has 5 N–H and O–H groups in total. The van der Waals surface area contributed by atoms with Gasteiger partial charge in [-0.15, -0.1) is 0 Å². The Morgan fingerprint density at radius 1 is 1.02 bits per heavy atom. The highest BCUT2D eigenvalue weighted by Crippen LogP contribution is 2.34. The summed E-state index contributed by atoms with van der Waals surface area (Å²) in [5, 5.41) is 10.3. The lowest BCUT2D eigenvalue weighted by Gasteiger charge is -2.32. The number of hydrogen-bond acceptors (Lipinski definition) is 6. The Bertz CT molecular complexity index is 2060. The number of carbonyl (C=O) groups is 2. The Labute approximate surface area is 283 Å². The van der Waals surface area contributed by atoms with Crippen LogP contribution in [-0.2, 0) is 4.79 Å². The molecule has 0 unspecified atom stereocenters. The van der Waals surface area contributed by atoms with E-state index in [9.17, 15) is 14.4 Å². The van der Waals surface area contributed by atoms with Gasteiger partial charge >= 0.3 is 0 Å². The number of benzene rings is 2. The highest BCUT2D eigenvalue weighted by Gasteiger charge is 2.27. The van der Waals surface area contributed by atoms with Crippen LogP contribution >= 0.6 is 0 Å². The molecule has 4 heterocycles. The molecule has 248 valence electrons. The summed E-state index contributed by atoms with van der Waals surface area (Å²) in [7, 11) is 0. The Hall–Kier alpha value is -6.17. The average molecular weight is 656 g/mol. The monoisotopic (exact) mass is 655 g/mol. The smallest absolute Gasteiger partial charge is 0.271 e. The van der Waals surface area contributed by atoms with Gasteiger partial charge in [0.1, 0.15) is 23.6 Å².